The van der Waals surface area contributed by atoms with Crippen molar-refractivity contribution in [3.05, 3.63) is 47.4 Å². The maximum Gasteiger partial charge on any atom is 0.273 e. The van der Waals surface area contributed by atoms with Gasteiger partial charge in [-0.15, -0.1) is 0 Å². The Bertz CT molecular complexity index is 586. The van der Waals surface area contributed by atoms with Crippen LogP contribution in [0, 0.1) is 5.82 Å². The van der Waals surface area contributed by atoms with E-state index in [0.29, 0.717) is 30.1 Å². The highest BCUT2D eigenvalue weighted by Crippen LogP contribution is 2.16. The lowest BCUT2D eigenvalue weighted by Crippen LogP contribution is -2.35. The number of nitrogens with zero attached hydrogens (tertiary/aromatic N) is 2. The van der Waals surface area contributed by atoms with E-state index in [-0.39, 0.29) is 17.9 Å². The van der Waals surface area contributed by atoms with Gasteiger partial charge in [0.05, 0.1) is 0 Å². The summed E-state index contributed by atoms with van der Waals surface area (Å²) < 4.78 is 13.5. The first-order chi connectivity index (χ1) is 10.0. The van der Waals surface area contributed by atoms with Crippen LogP contribution in [0.25, 0.3) is 0 Å². The van der Waals surface area contributed by atoms with Crippen molar-refractivity contribution < 1.29 is 19.2 Å². The van der Waals surface area contributed by atoms with Crippen LogP contribution in [0.3, 0.4) is 0 Å². The van der Waals surface area contributed by atoms with E-state index in [1.54, 1.807) is 25.1 Å². The summed E-state index contributed by atoms with van der Waals surface area (Å²) in [6.07, 6.45) is 1.99. The number of halogens is 1. The van der Waals surface area contributed by atoms with Crippen LogP contribution in [0.5, 0.6) is 0 Å². The van der Waals surface area contributed by atoms with Crippen LogP contribution in [-0.2, 0) is 16.0 Å². The average molecular weight is 292 g/mol. The molecule has 2 rings (SSSR count). The largest absolute Gasteiger partial charge is 0.333 e. The maximum atomic E-state index is 13.5. The molecule has 1 aromatic rings. The summed E-state index contributed by atoms with van der Waals surface area (Å²) in [6, 6.07) is 6.39. The third-order valence-electron chi connectivity index (χ3n) is 3.39. The smallest absolute Gasteiger partial charge is 0.273 e. The lowest BCUT2D eigenvalue weighted by molar-refractivity contribution is -0.160. The van der Waals surface area contributed by atoms with Gasteiger partial charge >= 0.3 is 0 Å². The molecule has 0 atom stereocenters. The van der Waals surface area contributed by atoms with Crippen molar-refractivity contribution in [1.29, 1.82) is 0 Å². The van der Waals surface area contributed by atoms with E-state index in [1.165, 1.54) is 17.0 Å². The molecule has 0 unspecified atom stereocenters. The molecule has 0 fully saturated rings. The van der Waals surface area contributed by atoms with Crippen molar-refractivity contribution in [1.82, 2.24) is 9.96 Å². The van der Waals surface area contributed by atoms with Gasteiger partial charge in [-0.3, -0.25) is 14.8 Å². The molecule has 21 heavy (non-hydrogen) atoms. The van der Waals surface area contributed by atoms with Crippen LogP contribution in [0.2, 0.25) is 0 Å². The zero-order valence-corrected chi connectivity index (χ0v) is 11.8. The second-order valence-electron chi connectivity index (χ2n) is 4.74. The number of carbonyl (C=O) groups is 2. The highest BCUT2D eigenvalue weighted by molar-refractivity contribution is 5.98. The molecule has 0 aromatic heterocycles. The van der Waals surface area contributed by atoms with Crippen molar-refractivity contribution in [3.8, 4) is 0 Å². The highest BCUT2D eigenvalue weighted by Gasteiger charge is 2.29. The minimum Gasteiger partial charge on any atom is -0.333 e. The van der Waals surface area contributed by atoms with E-state index < -0.39 is 11.8 Å². The summed E-state index contributed by atoms with van der Waals surface area (Å²) in [5.41, 5.74) is 0.500. The molecule has 1 N–H and O–H groups in total. The zero-order valence-electron chi connectivity index (χ0n) is 11.8. The minimum atomic E-state index is -0.537. The van der Waals surface area contributed by atoms with E-state index >= 15 is 0 Å². The molecule has 0 saturated heterocycles. The van der Waals surface area contributed by atoms with Gasteiger partial charge in [0.15, 0.2) is 0 Å². The van der Waals surface area contributed by atoms with E-state index in [9.17, 15) is 19.2 Å². The normalized spacial score (nSPS) is 14.3. The van der Waals surface area contributed by atoms with Gasteiger partial charge in [-0.1, -0.05) is 25.1 Å². The summed E-state index contributed by atoms with van der Waals surface area (Å²) in [7, 11) is 0. The van der Waals surface area contributed by atoms with E-state index in [1.807, 2.05) is 0 Å². The Morgan fingerprint density at radius 1 is 1.43 bits per heavy atom. The zero-order chi connectivity index (χ0) is 15.4. The van der Waals surface area contributed by atoms with Gasteiger partial charge in [0.1, 0.15) is 11.5 Å². The summed E-state index contributed by atoms with van der Waals surface area (Å²) in [6.45, 7) is 2.23. The molecule has 1 aromatic carbocycles. The van der Waals surface area contributed by atoms with Gasteiger partial charge in [0.25, 0.3) is 11.8 Å². The van der Waals surface area contributed by atoms with Crippen molar-refractivity contribution >= 4 is 11.8 Å². The van der Waals surface area contributed by atoms with Crippen LogP contribution in [0.1, 0.15) is 18.9 Å². The topological polar surface area (TPSA) is 60.9 Å². The van der Waals surface area contributed by atoms with Gasteiger partial charge in [0.2, 0.25) is 0 Å². The Hall–Kier alpha value is -2.21. The molecule has 1 aliphatic heterocycles. The number of rotatable bonds is 5. The van der Waals surface area contributed by atoms with Gasteiger partial charge < -0.3 is 4.90 Å². The molecule has 0 bridgehead atoms. The Kier molecular flexibility index (Phi) is 4.70. The van der Waals surface area contributed by atoms with Gasteiger partial charge in [0, 0.05) is 19.5 Å². The summed E-state index contributed by atoms with van der Waals surface area (Å²) in [5.74, 6) is -1.26. The summed E-state index contributed by atoms with van der Waals surface area (Å²) >= 11 is 0. The van der Waals surface area contributed by atoms with Crippen molar-refractivity contribution in [2.75, 3.05) is 13.1 Å². The molecule has 1 aliphatic rings. The molecular weight excluding hydrogens is 275 g/mol. The van der Waals surface area contributed by atoms with Crippen LogP contribution in [0.4, 0.5) is 4.39 Å². The Balaban J connectivity index is 1.95. The number of hydroxylamine groups is 2. The Morgan fingerprint density at radius 3 is 2.81 bits per heavy atom. The predicted octanol–water partition coefficient (Wildman–Crippen LogP) is 1.72. The van der Waals surface area contributed by atoms with Crippen molar-refractivity contribution in [2.24, 2.45) is 0 Å². The number of hydrogen-bond donors (Lipinski definition) is 1. The standard InChI is InChI=1S/C15H17FN2O3/c1-2-14(19)18(21)13-8-10-17(15(13)20)9-7-11-5-3-4-6-12(11)16/h3-6,8,21H,2,7,9-10H2,1H3. The minimum absolute atomic E-state index is 0.0321. The van der Waals surface area contributed by atoms with Gasteiger partial charge in [-0.25, -0.2) is 4.39 Å². The maximum absolute atomic E-state index is 13.5. The van der Waals surface area contributed by atoms with Crippen LogP contribution >= 0.6 is 0 Å². The highest BCUT2D eigenvalue weighted by atomic mass is 19.1. The fraction of sp³-hybridized carbons (Fsp3) is 0.333. The quantitative estimate of drug-likeness (QED) is 0.664. The Labute approximate surface area is 122 Å². The molecule has 0 spiro atoms. The first-order valence-corrected chi connectivity index (χ1v) is 6.79. The molecule has 0 aliphatic carbocycles. The molecular formula is C15H17FN2O3. The summed E-state index contributed by atoms with van der Waals surface area (Å²) in [5, 5.41) is 10.0. The van der Waals surface area contributed by atoms with Gasteiger partial charge in [-0.05, 0) is 24.1 Å². The lowest BCUT2D eigenvalue weighted by Gasteiger charge is -2.19. The molecule has 112 valence electrons. The van der Waals surface area contributed by atoms with Gasteiger partial charge in [-0.2, -0.15) is 5.06 Å². The fourth-order valence-corrected chi connectivity index (χ4v) is 2.14. The third-order valence-corrected chi connectivity index (χ3v) is 3.39. The summed E-state index contributed by atoms with van der Waals surface area (Å²) in [4.78, 5) is 24.9. The van der Waals surface area contributed by atoms with E-state index in [4.69, 9.17) is 0 Å². The number of amides is 2. The SMILES string of the molecule is CCC(=O)N(O)C1=CCN(CCc2ccccc2F)C1=O. The average Bonchev–Trinajstić information content (AvgIpc) is 2.86. The third kappa shape index (κ3) is 3.28. The molecule has 0 radical (unpaired) electrons. The van der Waals surface area contributed by atoms with Crippen LogP contribution in [-0.4, -0.2) is 40.1 Å². The van der Waals surface area contributed by atoms with Crippen LogP contribution in [0.15, 0.2) is 36.0 Å². The number of hydrogen-bond acceptors (Lipinski definition) is 3. The van der Waals surface area contributed by atoms with E-state index in [2.05, 4.69) is 0 Å². The molecule has 2 amide bonds. The van der Waals surface area contributed by atoms with E-state index in [0.717, 1.165) is 0 Å². The predicted molar refractivity (Wildman–Crippen MR) is 73.7 cm³/mol. The second kappa shape index (κ2) is 6.49. The van der Waals surface area contributed by atoms with Crippen molar-refractivity contribution in [2.45, 2.75) is 19.8 Å². The van der Waals surface area contributed by atoms with Crippen molar-refractivity contribution in [3.63, 3.8) is 0 Å². The van der Waals surface area contributed by atoms with Crippen LogP contribution < -0.4 is 0 Å². The number of carbonyl (C=O) groups excluding carboxylic acids is 2. The fourth-order valence-electron chi connectivity index (χ4n) is 2.14. The monoisotopic (exact) mass is 292 g/mol. The number of benzene rings is 1. The lowest BCUT2D eigenvalue weighted by atomic mass is 10.1. The molecule has 0 saturated carbocycles. The molecule has 6 heteroatoms. The first kappa shape index (κ1) is 15.2. The molecule has 1 heterocycles. The second-order valence-corrected chi connectivity index (χ2v) is 4.74. The first-order valence-electron chi connectivity index (χ1n) is 6.79. The molecule has 5 nitrogen and oxygen atoms in total. The Morgan fingerprint density at radius 2 is 2.14 bits per heavy atom.